The van der Waals surface area contributed by atoms with E-state index in [1.54, 1.807) is 0 Å². The van der Waals surface area contributed by atoms with Gasteiger partial charge in [0.2, 0.25) is 0 Å². The first-order chi connectivity index (χ1) is 9.11. The normalized spacial score (nSPS) is 23.7. The third kappa shape index (κ3) is 3.33. The van der Waals surface area contributed by atoms with Crippen LogP contribution in [0.4, 0.5) is 0 Å². The van der Waals surface area contributed by atoms with Crippen molar-refractivity contribution in [2.24, 2.45) is 5.92 Å². The Morgan fingerprint density at radius 1 is 1.37 bits per heavy atom. The molecule has 4 heteroatoms. The first kappa shape index (κ1) is 14.0. The van der Waals surface area contributed by atoms with Crippen LogP contribution in [0.2, 0.25) is 0 Å². The number of rotatable bonds is 5. The molecule has 2 N–H and O–H groups in total. The van der Waals surface area contributed by atoms with Crippen LogP contribution >= 0.6 is 0 Å². The number of carboxylic acid groups (broad SMARTS) is 1. The van der Waals surface area contributed by atoms with Crippen LogP contribution in [0.1, 0.15) is 24.5 Å². The minimum absolute atomic E-state index is 0.0589. The molecule has 0 saturated carbocycles. The second-order valence-electron chi connectivity index (χ2n) is 5.33. The molecule has 0 bridgehead atoms. The van der Waals surface area contributed by atoms with Gasteiger partial charge in [-0.3, -0.25) is 9.69 Å². The fourth-order valence-electron chi connectivity index (χ4n) is 2.85. The summed E-state index contributed by atoms with van der Waals surface area (Å²) in [6.07, 6.45) is 1.15. The van der Waals surface area contributed by atoms with Crippen LogP contribution in [-0.4, -0.2) is 40.3 Å². The van der Waals surface area contributed by atoms with Crippen molar-refractivity contribution in [3.8, 4) is 0 Å². The molecule has 1 aliphatic heterocycles. The summed E-state index contributed by atoms with van der Waals surface area (Å²) in [5.41, 5.74) is 1.92. The van der Waals surface area contributed by atoms with Crippen molar-refractivity contribution < 1.29 is 15.0 Å². The molecule has 0 spiro atoms. The Kier molecular flexibility index (Phi) is 4.56. The van der Waals surface area contributed by atoms with Crippen molar-refractivity contribution in [3.63, 3.8) is 0 Å². The summed E-state index contributed by atoms with van der Waals surface area (Å²) in [6.45, 7) is 4.01. The average Bonchev–Trinajstić information content (AvgIpc) is 2.71. The Morgan fingerprint density at radius 3 is 2.68 bits per heavy atom. The van der Waals surface area contributed by atoms with Gasteiger partial charge in [0.1, 0.15) is 0 Å². The predicted molar refractivity (Wildman–Crippen MR) is 72.8 cm³/mol. The third-order valence-electron chi connectivity index (χ3n) is 4.02. The second kappa shape index (κ2) is 6.17. The maximum absolute atomic E-state index is 10.9. The number of aliphatic hydroxyl groups is 1. The van der Waals surface area contributed by atoms with Gasteiger partial charge in [0, 0.05) is 12.6 Å². The molecule has 0 aliphatic carbocycles. The summed E-state index contributed by atoms with van der Waals surface area (Å²) in [7, 11) is 0. The molecule has 4 nitrogen and oxygen atoms in total. The fourth-order valence-corrected chi connectivity index (χ4v) is 2.85. The topological polar surface area (TPSA) is 60.8 Å². The van der Waals surface area contributed by atoms with Crippen LogP contribution < -0.4 is 0 Å². The molecule has 0 amide bonds. The molecule has 0 radical (unpaired) electrons. The van der Waals surface area contributed by atoms with Crippen molar-refractivity contribution in [1.29, 1.82) is 0 Å². The van der Waals surface area contributed by atoms with Gasteiger partial charge in [-0.2, -0.15) is 0 Å². The fraction of sp³-hybridized carbons (Fsp3) is 0.533. The van der Waals surface area contributed by atoms with Crippen molar-refractivity contribution >= 4 is 5.97 Å². The summed E-state index contributed by atoms with van der Waals surface area (Å²) in [4.78, 5) is 13.1. The highest BCUT2D eigenvalue weighted by molar-refractivity contribution is 5.70. The molecule has 2 rings (SSSR count). The van der Waals surface area contributed by atoms with Crippen LogP contribution in [0.25, 0.3) is 0 Å². The van der Waals surface area contributed by atoms with E-state index < -0.39 is 5.97 Å². The number of carbonyl (C=O) groups is 1. The molecular weight excluding hydrogens is 242 g/mol. The number of benzene rings is 1. The minimum Gasteiger partial charge on any atom is -0.481 e. The molecule has 1 aromatic carbocycles. The first-order valence-corrected chi connectivity index (χ1v) is 6.75. The quantitative estimate of drug-likeness (QED) is 0.845. The van der Waals surface area contributed by atoms with Crippen LogP contribution in [0.15, 0.2) is 24.3 Å². The monoisotopic (exact) mass is 263 g/mol. The molecule has 0 aromatic heterocycles. The van der Waals surface area contributed by atoms with Gasteiger partial charge in [0.25, 0.3) is 0 Å². The highest BCUT2D eigenvalue weighted by Gasteiger charge is 2.30. The Hall–Kier alpha value is -1.39. The van der Waals surface area contributed by atoms with Crippen molar-refractivity contribution in [3.05, 3.63) is 35.4 Å². The SMILES string of the molecule is CC1CCN(Cc2ccccc2CC(=O)O)C1CO. The van der Waals surface area contributed by atoms with E-state index in [0.29, 0.717) is 5.92 Å². The van der Waals surface area contributed by atoms with Crippen molar-refractivity contribution in [2.45, 2.75) is 32.4 Å². The van der Waals surface area contributed by atoms with Gasteiger partial charge >= 0.3 is 5.97 Å². The van der Waals surface area contributed by atoms with Gasteiger partial charge < -0.3 is 10.2 Å². The Balaban J connectivity index is 2.12. The van der Waals surface area contributed by atoms with Gasteiger partial charge in [0.05, 0.1) is 13.0 Å². The largest absolute Gasteiger partial charge is 0.481 e. The maximum atomic E-state index is 10.9. The summed E-state index contributed by atoms with van der Waals surface area (Å²) in [6, 6.07) is 7.86. The highest BCUT2D eigenvalue weighted by Crippen LogP contribution is 2.26. The van der Waals surface area contributed by atoms with Gasteiger partial charge in [-0.15, -0.1) is 0 Å². The van der Waals surface area contributed by atoms with E-state index in [0.717, 1.165) is 30.6 Å². The number of likely N-dealkylation sites (tertiary alicyclic amines) is 1. The first-order valence-electron chi connectivity index (χ1n) is 6.75. The smallest absolute Gasteiger partial charge is 0.307 e. The van der Waals surface area contributed by atoms with Crippen molar-refractivity contribution in [1.82, 2.24) is 4.90 Å². The van der Waals surface area contributed by atoms with Crippen molar-refractivity contribution in [2.75, 3.05) is 13.2 Å². The molecule has 2 atom stereocenters. The number of carboxylic acids is 1. The van der Waals surface area contributed by atoms with E-state index in [9.17, 15) is 9.90 Å². The molecule has 1 fully saturated rings. The number of nitrogens with zero attached hydrogens (tertiary/aromatic N) is 1. The third-order valence-corrected chi connectivity index (χ3v) is 4.02. The average molecular weight is 263 g/mol. The Labute approximate surface area is 113 Å². The van der Waals surface area contributed by atoms with E-state index in [1.165, 1.54) is 0 Å². The summed E-state index contributed by atoms with van der Waals surface area (Å²) >= 11 is 0. The Morgan fingerprint density at radius 2 is 2.05 bits per heavy atom. The Bertz CT molecular complexity index is 447. The number of hydrogen-bond donors (Lipinski definition) is 2. The highest BCUT2D eigenvalue weighted by atomic mass is 16.4. The summed E-state index contributed by atoms with van der Waals surface area (Å²) in [5.74, 6) is -0.308. The van der Waals surface area contributed by atoms with E-state index in [4.69, 9.17) is 5.11 Å². The van der Waals surface area contributed by atoms with Crippen LogP contribution in [0.5, 0.6) is 0 Å². The maximum Gasteiger partial charge on any atom is 0.307 e. The zero-order valence-electron chi connectivity index (χ0n) is 11.2. The van der Waals surface area contributed by atoms with E-state index in [-0.39, 0.29) is 19.1 Å². The predicted octanol–water partition coefficient (Wildman–Crippen LogP) is 1.52. The molecule has 19 heavy (non-hydrogen) atoms. The van der Waals surface area contributed by atoms with Crippen LogP contribution in [-0.2, 0) is 17.8 Å². The molecule has 2 unspecified atom stereocenters. The minimum atomic E-state index is -0.805. The van der Waals surface area contributed by atoms with Gasteiger partial charge in [0.15, 0.2) is 0 Å². The number of aliphatic carboxylic acids is 1. The van der Waals surface area contributed by atoms with E-state index >= 15 is 0 Å². The molecule has 1 heterocycles. The number of hydrogen-bond acceptors (Lipinski definition) is 3. The van der Waals surface area contributed by atoms with E-state index in [2.05, 4.69) is 11.8 Å². The van der Waals surface area contributed by atoms with Gasteiger partial charge in [-0.05, 0) is 30.0 Å². The van der Waals surface area contributed by atoms with E-state index in [1.807, 2.05) is 24.3 Å². The van der Waals surface area contributed by atoms with Crippen LogP contribution in [0, 0.1) is 5.92 Å². The lowest BCUT2D eigenvalue weighted by Gasteiger charge is -2.25. The number of aliphatic hydroxyl groups excluding tert-OH is 1. The van der Waals surface area contributed by atoms with Crippen LogP contribution in [0.3, 0.4) is 0 Å². The van der Waals surface area contributed by atoms with Gasteiger partial charge in [-0.25, -0.2) is 0 Å². The zero-order valence-corrected chi connectivity index (χ0v) is 11.2. The summed E-state index contributed by atoms with van der Waals surface area (Å²) < 4.78 is 0. The molecule has 1 aromatic rings. The lowest BCUT2D eigenvalue weighted by molar-refractivity contribution is -0.136. The molecule has 1 aliphatic rings. The summed E-state index contributed by atoms with van der Waals surface area (Å²) in [5, 5.41) is 18.4. The lowest BCUT2D eigenvalue weighted by atomic mass is 10.0. The molecular formula is C15H21NO3. The zero-order chi connectivity index (χ0) is 13.8. The van der Waals surface area contributed by atoms with Gasteiger partial charge in [-0.1, -0.05) is 31.2 Å². The second-order valence-corrected chi connectivity index (χ2v) is 5.33. The molecule has 104 valence electrons. The molecule has 1 saturated heterocycles. The standard InChI is InChI=1S/C15H21NO3/c1-11-6-7-16(14(11)10-17)9-13-5-3-2-4-12(13)8-15(18)19/h2-5,11,14,17H,6-10H2,1H3,(H,18,19). The lowest BCUT2D eigenvalue weighted by Crippen LogP contribution is -2.35.